The number of carboxylic acid groups (broad SMARTS) is 2. The second-order valence-electron chi connectivity index (χ2n) is 24.0. The van der Waals surface area contributed by atoms with Crippen molar-refractivity contribution in [3.63, 3.8) is 0 Å². The first-order valence-corrected chi connectivity index (χ1v) is 36.0. The third-order valence-corrected chi connectivity index (χ3v) is 22.8. The molecule has 9 heterocycles. The van der Waals surface area contributed by atoms with Crippen molar-refractivity contribution in [1.82, 2.24) is 61.1 Å². The number of carbonyl (C=O) groups excluding carboxylic acids is 6. The van der Waals surface area contributed by atoms with Crippen LogP contribution in [0.2, 0.25) is 0 Å². The van der Waals surface area contributed by atoms with Gasteiger partial charge in [-0.05, 0) is 86.3 Å². The van der Waals surface area contributed by atoms with Crippen LogP contribution >= 0.6 is 68.0 Å². The van der Waals surface area contributed by atoms with Crippen LogP contribution in [0.4, 0.5) is 0 Å². The molecule has 0 unspecified atom stereocenters. The second kappa shape index (κ2) is 29.3. The lowest BCUT2D eigenvalue weighted by Gasteiger charge is -2.35. The van der Waals surface area contributed by atoms with Crippen LogP contribution in [0.3, 0.4) is 0 Å². The third-order valence-electron chi connectivity index (χ3n) is 17.2. The maximum atomic E-state index is 15.3. The van der Waals surface area contributed by atoms with Crippen molar-refractivity contribution in [3.05, 3.63) is 147 Å². The number of aromatic nitrogens is 7. The lowest BCUT2D eigenvalue weighted by Crippen LogP contribution is -2.50. The minimum Gasteiger partial charge on any atom is -0.508 e. The number of fused-ring (bicyclic) bond motifs is 16. The van der Waals surface area contributed by atoms with Gasteiger partial charge in [-0.2, -0.15) is 0 Å². The number of hydrogen-bond donors (Lipinski definition) is 10. The van der Waals surface area contributed by atoms with Gasteiger partial charge in [-0.25, -0.2) is 34.9 Å². The number of rotatable bonds is 15. The Kier molecular flexibility index (Phi) is 20.5. The third kappa shape index (κ3) is 15.5. The summed E-state index contributed by atoms with van der Waals surface area (Å²) in [7, 11) is 0. The highest BCUT2D eigenvalue weighted by Gasteiger charge is 2.46. The van der Waals surface area contributed by atoms with Crippen molar-refractivity contribution in [1.29, 1.82) is 0 Å². The van der Waals surface area contributed by atoms with Crippen LogP contribution in [-0.2, 0) is 25.6 Å². The number of amides is 6. The Morgan fingerprint density at radius 3 is 1.98 bits per heavy atom. The Hall–Kier alpha value is -9.15. The Balaban J connectivity index is 0.913. The number of primary amides is 1. The number of carboxylic acids is 2. The summed E-state index contributed by atoms with van der Waals surface area (Å²) in [5, 5.41) is 74.3. The number of aryl methyl sites for hydroxylation is 1. The molecule has 1 saturated carbocycles. The highest BCUT2D eigenvalue weighted by molar-refractivity contribution is 7.15. The second-order valence-corrected chi connectivity index (χ2v) is 29.6. The molecule has 11 N–H and O–H groups in total. The van der Waals surface area contributed by atoms with E-state index in [0.717, 1.165) is 45.3 Å². The summed E-state index contributed by atoms with van der Waals surface area (Å²) in [4.78, 5) is 144. The molecular formula is C65H63N13O13S6. The average molecular weight is 1430 g/mol. The number of phenols is 1. The van der Waals surface area contributed by atoms with E-state index < -0.39 is 96.1 Å². The molecule has 0 spiro atoms. The van der Waals surface area contributed by atoms with E-state index in [-0.39, 0.29) is 82.2 Å². The van der Waals surface area contributed by atoms with Crippen molar-refractivity contribution in [2.75, 3.05) is 6.54 Å². The van der Waals surface area contributed by atoms with Gasteiger partial charge in [-0.3, -0.25) is 38.4 Å². The van der Waals surface area contributed by atoms with Crippen LogP contribution in [0, 0.1) is 24.7 Å². The first kappa shape index (κ1) is 67.8. The number of hydrogen-bond acceptors (Lipinski definition) is 24. The molecule has 502 valence electrons. The predicted octanol–water partition coefficient (Wildman–Crippen LogP) is 8.53. The molecule has 9 aromatic rings. The molecule has 1 aliphatic carbocycles. The molecule has 2 fully saturated rings. The highest BCUT2D eigenvalue weighted by Crippen LogP contribution is 2.44. The first-order chi connectivity index (χ1) is 46.6. The van der Waals surface area contributed by atoms with Gasteiger partial charge in [-0.1, -0.05) is 49.4 Å². The van der Waals surface area contributed by atoms with Gasteiger partial charge in [0.15, 0.2) is 0 Å². The van der Waals surface area contributed by atoms with E-state index in [0.29, 0.717) is 96.5 Å². The molecule has 97 heavy (non-hydrogen) atoms. The van der Waals surface area contributed by atoms with Crippen LogP contribution in [-0.4, -0.2) is 137 Å². The van der Waals surface area contributed by atoms with Gasteiger partial charge in [0.25, 0.3) is 23.6 Å². The Labute approximate surface area is 577 Å². The zero-order valence-corrected chi connectivity index (χ0v) is 56.6. The quantitative estimate of drug-likeness (QED) is 0.0459. The van der Waals surface area contributed by atoms with E-state index in [2.05, 4.69) is 31.2 Å². The Morgan fingerprint density at radius 1 is 0.649 bits per heavy atom. The number of pyridine rings is 1. The van der Waals surface area contributed by atoms with Crippen molar-refractivity contribution in [2.24, 2.45) is 23.5 Å². The van der Waals surface area contributed by atoms with Crippen LogP contribution in [0.15, 0.2) is 93.6 Å². The lowest BCUT2D eigenvalue weighted by molar-refractivity contribution is -0.138. The summed E-state index contributed by atoms with van der Waals surface area (Å²) in [5.41, 5.74) is 8.46. The fourth-order valence-electron chi connectivity index (χ4n) is 12.4. The predicted molar refractivity (Wildman–Crippen MR) is 362 cm³/mol. The van der Waals surface area contributed by atoms with E-state index in [1.165, 1.54) is 50.5 Å². The smallest absolute Gasteiger partial charge is 0.303 e. The number of aromatic hydroxyl groups is 1. The number of phenolic OH excluding ortho intramolecular Hbond substituents is 1. The SMILES string of the molecule is Cc1sc2nc1C(=O)N[C@@H]([C@H](O)c1ccccc1)c1nc(cs1)C(=O)N[C@@H](Cc1ccc(O)cc1)C(=O)N1C[C@H](O)[C@H](C)[C@H]1c1nc(cs1)-c1nc(cs1)-c1nc(-c3nc(C(=O)N[C@@H]4C[C@H](CCC(=O)O)C[C@H](CCC(=O)O)C4)cs3)ccc1-c1nc(cs1)C(=O)N[C@H]2CC(N)=O. The number of nitrogens with one attached hydrogen (secondary N) is 4. The van der Waals surface area contributed by atoms with Gasteiger partial charge >= 0.3 is 11.9 Å². The van der Waals surface area contributed by atoms with E-state index in [1.807, 2.05) is 0 Å². The van der Waals surface area contributed by atoms with Gasteiger partial charge in [0.05, 0.1) is 30.3 Å². The van der Waals surface area contributed by atoms with Crippen LogP contribution < -0.4 is 27.0 Å². The van der Waals surface area contributed by atoms with Crippen LogP contribution in [0.25, 0.3) is 43.4 Å². The van der Waals surface area contributed by atoms with Gasteiger partial charge in [0.1, 0.15) is 93.8 Å². The van der Waals surface area contributed by atoms with Crippen molar-refractivity contribution in [2.45, 2.75) is 114 Å². The van der Waals surface area contributed by atoms with Crippen molar-refractivity contribution < 1.29 is 63.9 Å². The van der Waals surface area contributed by atoms with Crippen LogP contribution in [0.5, 0.6) is 5.75 Å². The van der Waals surface area contributed by atoms with E-state index in [4.69, 9.17) is 30.7 Å². The standard InChI is InChI=1S/C65H63N13O13S6/c1-29-46(80)23-78-53(29)64-75-45(28-96-64)61-71-41(24-93-61)51-37(14-15-38(68-51)60-73-42(26-94-60)55(87)67-35-19-32(10-16-48(82)83)18-33(20-35)11-17-49(84)85)59-72-43(25-92-59)56(88)69-39(22-47(66)81)62-77-50(30(2)97-62)58(90)76-52(54(86)34-6-4-3-5-7-34)63-74-44(27-95-63)57(89)70-40(65(78)91)21-31-8-12-36(79)13-9-31/h3-9,12-15,24-29,32-33,35,39-40,46,52-54,79-80,86H,10-11,16-23H2,1-2H3,(H2,66,81)(H,67,87)(H,69,88)(H,70,89)(H,76,90)(H,82,83)(H,84,85)/t29-,32-,33+,35-,39-,40-,46-,52-,53-,54+/m0/s1. The number of nitrogens with two attached hydrogens (primary N) is 1. The van der Waals surface area contributed by atoms with Crippen molar-refractivity contribution in [3.8, 4) is 49.1 Å². The number of aliphatic carboxylic acids is 2. The largest absolute Gasteiger partial charge is 0.508 e. The molecule has 10 atom stereocenters. The molecule has 12 rings (SSSR count). The Bertz CT molecular complexity index is 4430. The summed E-state index contributed by atoms with van der Waals surface area (Å²) < 4.78 is 0. The monoisotopic (exact) mass is 1430 g/mol. The molecule has 7 aromatic heterocycles. The van der Waals surface area contributed by atoms with Gasteiger partial charge in [0.2, 0.25) is 11.8 Å². The van der Waals surface area contributed by atoms with E-state index in [1.54, 1.807) is 84.6 Å². The van der Waals surface area contributed by atoms with Crippen LogP contribution in [0.1, 0.15) is 156 Å². The molecule has 6 amide bonds. The number of thiazole rings is 6. The summed E-state index contributed by atoms with van der Waals surface area (Å²) in [6, 6.07) is 13.2. The normalized spacial score (nSPS) is 21.8. The zero-order chi connectivity index (χ0) is 68.3. The van der Waals surface area contributed by atoms with Gasteiger partial charge < -0.3 is 57.4 Å². The molecule has 3 aliphatic rings. The molecule has 10 bridgehead atoms. The minimum absolute atomic E-state index is 0.0169. The molecule has 26 nitrogen and oxygen atoms in total. The Morgan fingerprint density at radius 2 is 1.27 bits per heavy atom. The number of benzene rings is 2. The van der Waals surface area contributed by atoms with Crippen molar-refractivity contribution >= 4 is 115 Å². The van der Waals surface area contributed by atoms with Gasteiger partial charge in [0, 0.05) is 75.1 Å². The highest BCUT2D eigenvalue weighted by atomic mass is 32.1. The maximum absolute atomic E-state index is 15.3. The fourth-order valence-corrected chi connectivity index (χ4v) is 17.7. The summed E-state index contributed by atoms with van der Waals surface area (Å²) in [5.74, 6) is -6.55. The van der Waals surface area contributed by atoms with Gasteiger partial charge in [-0.15, -0.1) is 68.0 Å². The molecule has 2 aromatic carbocycles. The fraction of sp³-hybridized carbons (Fsp3) is 0.338. The topological polar surface area (TPSA) is 405 Å². The number of nitrogens with zero attached hydrogens (tertiary/aromatic N) is 8. The summed E-state index contributed by atoms with van der Waals surface area (Å²) >= 11 is 6.79. The molecular weight excluding hydrogens is 1360 g/mol. The number of aliphatic hydroxyl groups is 2. The number of aliphatic hydroxyl groups excluding tert-OH is 2. The molecule has 2 aliphatic heterocycles. The maximum Gasteiger partial charge on any atom is 0.303 e. The van der Waals surface area contributed by atoms with E-state index in [9.17, 15) is 59.1 Å². The molecule has 1 saturated heterocycles. The first-order valence-electron chi connectivity index (χ1n) is 30.8. The summed E-state index contributed by atoms with van der Waals surface area (Å²) in [6.07, 6.45) is -0.515. The molecule has 32 heteroatoms. The minimum atomic E-state index is -1.43. The number of carbonyl (C=O) groups is 8. The van der Waals surface area contributed by atoms with E-state index >= 15 is 4.79 Å². The zero-order valence-electron chi connectivity index (χ0n) is 51.7. The average Bonchev–Trinajstić information content (AvgIpc) is 1.65. The molecule has 0 radical (unpaired) electrons. The summed E-state index contributed by atoms with van der Waals surface area (Å²) in [6.45, 7) is 3.31. The lowest BCUT2D eigenvalue weighted by atomic mass is 9.75.